The maximum absolute atomic E-state index is 14.6. The van der Waals surface area contributed by atoms with Crippen LogP contribution in [0.15, 0.2) is 48.8 Å². The largest absolute Gasteiger partial charge is 0.416 e. The maximum Gasteiger partial charge on any atom is 0.416 e. The first-order valence-electron chi connectivity index (χ1n) is 17.5. The monoisotopic (exact) mass is 680 g/mol. The van der Waals surface area contributed by atoms with Crippen LogP contribution in [0.4, 0.5) is 24.8 Å². The number of anilines is 2. The molecule has 4 heterocycles. The summed E-state index contributed by atoms with van der Waals surface area (Å²) in [5, 5.41) is 21.5. The summed E-state index contributed by atoms with van der Waals surface area (Å²) in [7, 11) is 1.82. The summed E-state index contributed by atoms with van der Waals surface area (Å²) in [5.74, 6) is 1.48. The topological polar surface area (TPSA) is 103 Å². The Labute approximate surface area is 289 Å². The second-order valence-corrected chi connectivity index (χ2v) is 14.6. The lowest BCUT2D eigenvalue weighted by molar-refractivity contribution is -0.138. The van der Waals surface area contributed by atoms with Gasteiger partial charge in [0.1, 0.15) is 18.0 Å². The Bertz CT molecular complexity index is 2000. The van der Waals surface area contributed by atoms with Gasteiger partial charge in [0, 0.05) is 31.3 Å². The predicted octanol–water partition coefficient (Wildman–Crippen LogP) is 7.57. The van der Waals surface area contributed by atoms with Gasteiger partial charge in [0.05, 0.1) is 23.7 Å². The molecular formula is C38H39F3N8O. The Hall–Kier alpha value is -4.76. The third kappa shape index (κ3) is 6.23. The van der Waals surface area contributed by atoms with E-state index in [4.69, 9.17) is 4.98 Å². The standard InChI is InChI=1S/C38H39F3N8O/c1-47-23-44-46-35(47)28-6-5-25(20-42)15-29(28)27-18-33(43-12-7-24-3-4-24)45-34(19-27)49-22-31-30(36(49)50)16-26(17-32(31)38(39,40)41)21-48-13-10-37(11-14-48)8-2-9-37/h5-6,15-19,23-24H,2-4,7-14,21-22H2,1H3,(H,43,45). The summed E-state index contributed by atoms with van der Waals surface area (Å²) in [6, 6.07) is 13.9. The fraction of sp³-hybridized carbons (Fsp3) is 0.447. The molecule has 0 bridgehead atoms. The molecule has 2 aromatic heterocycles. The highest BCUT2D eigenvalue weighted by atomic mass is 19.4. The molecule has 2 saturated carbocycles. The second kappa shape index (κ2) is 12.5. The van der Waals surface area contributed by atoms with E-state index in [-0.39, 0.29) is 23.5 Å². The van der Waals surface area contributed by atoms with Crippen molar-refractivity contribution in [3.63, 3.8) is 0 Å². The number of amides is 1. The van der Waals surface area contributed by atoms with Crippen LogP contribution in [0, 0.1) is 22.7 Å². The third-order valence-electron chi connectivity index (χ3n) is 11.2. The third-order valence-corrected chi connectivity index (χ3v) is 11.2. The lowest BCUT2D eigenvalue weighted by atomic mass is 9.63. The minimum atomic E-state index is -4.62. The smallest absolute Gasteiger partial charge is 0.370 e. The number of carbonyl (C=O) groups excluding carboxylic acids is 1. The first kappa shape index (κ1) is 32.4. The van der Waals surface area contributed by atoms with Crippen molar-refractivity contribution in [3.05, 3.63) is 76.6 Å². The number of benzene rings is 2. The minimum Gasteiger partial charge on any atom is -0.370 e. The van der Waals surface area contributed by atoms with Crippen LogP contribution in [0.2, 0.25) is 0 Å². The molecule has 0 unspecified atom stereocenters. The zero-order valence-corrected chi connectivity index (χ0v) is 28.1. The molecule has 0 radical (unpaired) electrons. The molecule has 4 aromatic rings. The van der Waals surface area contributed by atoms with Crippen LogP contribution in [-0.4, -0.2) is 50.2 Å². The average Bonchev–Trinajstić information content (AvgIpc) is 3.72. The number of piperidine rings is 1. The van der Waals surface area contributed by atoms with E-state index in [1.165, 1.54) is 43.1 Å². The molecule has 1 spiro atoms. The number of nitriles is 1. The van der Waals surface area contributed by atoms with E-state index in [2.05, 4.69) is 26.5 Å². The normalized spacial score (nSPS) is 18.6. The molecule has 3 fully saturated rings. The van der Waals surface area contributed by atoms with Crippen LogP contribution in [0.1, 0.15) is 84.0 Å². The number of aromatic nitrogens is 4. The van der Waals surface area contributed by atoms with Crippen molar-refractivity contribution in [2.75, 3.05) is 29.9 Å². The fourth-order valence-corrected chi connectivity index (χ4v) is 7.90. The van der Waals surface area contributed by atoms with E-state index < -0.39 is 17.6 Å². The highest BCUT2D eigenvalue weighted by Crippen LogP contribution is 2.49. The van der Waals surface area contributed by atoms with Gasteiger partial charge < -0.3 is 9.88 Å². The average molecular weight is 681 g/mol. The molecule has 0 atom stereocenters. The van der Waals surface area contributed by atoms with E-state index in [1.54, 1.807) is 41.2 Å². The summed E-state index contributed by atoms with van der Waals surface area (Å²) < 4.78 is 45.7. The number of nitrogens with zero attached hydrogens (tertiary/aromatic N) is 7. The molecule has 1 saturated heterocycles. The Balaban J connectivity index is 1.16. The predicted molar refractivity (Wildman–Crippen MR) is 183 cm³/mol. The van der Waals surface area contributed by atoms with E-state index >= 15 is 0 Å². The summed E-state index contributed by atoms with van der Waals surface area (Å²) in [5.41, 5.74) is 2.67. The molecule has 1 amide bonds. The van der Waals surface area contributed by atoms with Crippen molar-refractivity contribution in [2.45, 2.75) is 70.6 Å². The number of carbonyl (C=O) groups is 1. The molecule has 2 aliphatic heterocycles. The number of fused-ring (bicyclic) bond motifs is 1. The molecule has 2 aliphatic carbocycles. The SMILES string of the molecule is Cn1cnnc1-c1ccc(C#N)cc1-c1cc(NCCC2CC2)nc(N2Cc3c(cc(CN4CCC5(CCC5)CC4)cc3C(F)(F)F)C2=O)c1. The van der Waals surface area contributed by atoms with Crippen LogP contribution >= 0.6 is 0 Å². The van der Waals surface area contributed by atoms with Crippen LogP contribution in [0.3, 0.4) is 0 Å². The zero-order valence-electron chi connectivity index (χ0n) is 28.1. The highest BCUT2D eigenvalue weighted by molar-refractivity contribution is 6.10. The van der Waals surface area contributed by atoms with Crippen LogP contribution < -0.4 is 10.2 Å². The van der Waals surface area contributed by atoms with Crippen molar-refractivity contribution >= 4 is 17.5 Å². The summed E-state index contributed by atoms with van der Waals surface area (Å²) in [6.07, 6.45) is 6.25. The van der Waals surface area contributed by atoms with Gasteiger partial charge in [-0.1, -0.05) is 19.3 Å². The highest BCUT2D eigenvalue weighted by Gasteiger charge is 2.42. The molecule has 1 N–H and O–H groups in total. The van der Waals surface area contributed by atoms with Crippen molar-refractivity contribution in [2.24, 2.45) is 18.4 Å². The first-order valence-corrected chi connectivity index (χ1v) is 17.5. The molecule has 8 rings (SSSR count). The molecule has 12 heteroatoms. The van der Waals surface area contributed by atoms with Gasteiger partial charge >= 0.3 is 6.18 Å². The summed E-state index contributed by atoms with van der Waals surface area (Å²) in [6.45, 7) is 2.51. The van der Waals surface area contributed by atoms with E-state index in [9.17, 15) is 23.2 Å². The Morgan fingerprint density at radius 1 is 1.02 bits per heavy atom. The molecule has 258 valence electrons. The number of aryl methyl sites for hydroxylation is 1. The van der Waals surface area contributed by atoms with Crippen molar-refractivity contribution in [1.29, 1.82) is 5.26 Å². The summed E-state index contributed by atoms with van der Waals surface area (Å²) in [4.78, 5) is 22.5. The maximum atomic E-state index is 14.6. The number of alkyl halides is 3. The van der Waals surface area contributed by atoms with Gasteiger partial charge in [0.2, 0.25) is 0 Å². The molecule has 50 heavy (non-hydrogen) atoms. The molecule has 2 aromatic carbocycles. The summed E-state index contributed by atoms with van der Waals surface area (Å²) >= 11 is 0. The number of pyridine rings is 1. The Morgan fingerprint density at radius 3 is 2.48 bits per heavy atom. The lowest BCUT2D eigenvalue weighted by Gasteiger charge is -2.48. The van der Waals surface area contributed by atoms with Gasteiger partial charge in [-0.3, -0.25) is 14.6 Å². The van der Waals surface area contributed by atoms with Crippen molar-refractivity contribution in [1.82, 2.24) is 24.6 Å². The lowest BCUT2D eigenvalue weighted by Crippen LogP contribution is -2.43. The quantitative estimate of drug-likeness (QED) is 0.195. The Morgan fingerprint density at radius 2 is 1.82 bits per heavy atom. The zero-order chi connectivity index (χ0) is 34.6. The molecule has 4 aliphatic rings. The van der Waals surface area contributed by atoms with Gasteiger partial charge in [0.25, 0.3) is 5.91 Å². The van der Waals surface area contributed by atoms with Crippen LogP contribution in [-0.2, 0) is 26.3 Å². The number of halogens is 3. The minimum absolute atomic E-state index is 0.0278. The van der Waals surface area contributed by atoms with Crippen molar-refractivity contribution in [3.8, 4) is 28.6 Å². The number of nitrogens with one attached hydrogen (secondary N) is 1. The van der Waals surface area contributed by atoms with Gasteiger partial charge in [-0.15, -0.1) is 10.2 Å². The van der Waals surface area contributed by atoms with E-state index in [0.717, 1.165) is 32.4 Å². The van der Waals surface area contributed by atoms with Crippen LogP contribution in [0.5, 0.6) is 0 Å². The van der Waals surface area contributed by atoms with E-state index in [1.807, 2.05) is 13.1 Å². The number of hydrogen-bond donors (Lipinski definition) is 1. The van der Waals surface area contributed by atoms with Gasteiger partial charge in [-0.05, 0) is 121 Å². The van der Waals surface area contributed by atoms with Crippen molar-refractivity contribution < 1.29 is 18.0 Å². The van der Waals surface area contributed by atoms with E-state index in [0.29, 0.717) is 63.9 Å². The van der Waals surface area contributed by atoms with Gasteiger partial charge in [0.15, 0.2) is 5.82 Å². The Kier molecular flexibility index (Phi) is 8.13. The molecule has 9 nitrogen and oxygen atoms in total. The van der Waals surface area contributed by atoms with Gasteiger partial charge in [-0.2, -0.15) is 18.4 Å². The number of hydrogen-bond acceptors (Lipinski definition) is 7. The fourth-order valence-electron chi connectivity index (χ4n) is 7.90. The van der Waals surface area contributed by atoms with Crippen LogP contribution in [0.25, 0.3) is 22.5 Å². The number of rotatable bonds is 9. The first-order chi connectivity index (χ1) is 24.1. The second-order valence-electron chi connectivity index (χ2n) is 14.6. The molecular weight excluding hydrogens is 641 g/mol. The number of likely N-dealkylation sites (tertiary alicyclic amines) is 1. The van der Waals surface area contributed by atoms with Gasteiger partial charge in [-0.25, -0.2) is 4.98 Å².